The molecule has 94 valence electrons. The van der Waals surface area contributed by atoms with Crippen LogP contribution in [0.4, 0.5) is 4.39 Å². The summed E-state index contributed by atoms with van der Waals surface area (Å²) in [6.45, 7) is 0.318. The largest absolute Gasteiger partial charge is 0.326 e. The molecule has 1 fully saturated rings. The molecule has 0 saturated heterocycles. The Morgan fingerprint density at radius 1 is 1.39 bits per heavy atom. The van der Waals surface area contributed by atoms with Gasteiger partial charge in [-0.3, -0.25) is 0 Å². The van der Waals surface area contributed by atoms with Gasteiger partial charge in [0.1, 0.15) is 5.82 Å². The molecule has 1 heterocycles. The van der Waals surface area contributed by atoms with Crippen molar-refractivity contribution < 1.29 is 4.39 Å². The maximum Gasteiger partial charge on any atom is 0.214 e. The SMILES string of the molecule is NCc1cc(F)cc(Sc2nnnn2C2CC2)c1. The number of rotatable bonds is 4. The first kappa shape index (κ1) is 11.6. The van der Waals surface area contributed by atoms with Gasteiger partial charge in [0, 0.05) is 11.4 Å². The normalized spacial score (nSPS) is 15.0. The lowest BCUT2D eigenvalue weighted by Crippen LogP contribution is -1.99. The van der Waals surface area contributed by atoms with Gasteiger partial charge in [0.05, 0.1) is 6.04 Å². The zero-order valence-corrected chi connectivity index (χ0v) is 10.4. The Kier molecular flexibility index (Phi) is 3.00. The van der Waals surface area contributed by atoms with Crippen LogP contribution in [0, 0.1) is 5.82 Å². The van der Waals surface area contributed by atoms with E-state index in [9.17, 15) is 4.39 Å². The van der Waals surface area contributed by atoms with Crippen LogP contribution in [0.5, 0.6) is 0 Å². The Hall–Kier alpha value is -1.47. The first-order valence-corrected chi connectivity index (χ1v) is 6.53. The molecule has 1 saturated carbocycles. The number of halogens is 1. The summed E-state index contributed by atoms with van der Waals surface area (Å²) in [7, 11) is 0. The van der Waals surface area contributed by atoms with Gasteiger partial charge in [-0.25, -0.2) is 9.07 Å². The van der Waals surface area contributed by atoms with Gasteiger partial charge in [0.2, 0.25) is 5.16 Å². The number of hydrogen-bond donors (Lipinski definition) is 1. The Balaban J connectivity index is 1.87. The average molecular weight is 265 g/mol. The summed E-state index contributed by atoms with van der Waals surface area (Å²) in [5.74, 6) is -0.286. The van der Waals surface area contributed by atoms with Crippen molar-refractivity contribution in [2.45, 2.75) is 35.5 Å². The molecule has 3 rings (SSSR count). The molecule has 1 aliphatic rings. The summed E-state index contributed by atoms with van der Waals surface area (Å²) in [4.78, 5) is 0.771. The molecule has 2 aromatic rings. The van der Waals surface area contributed by atoms with Crippen molar-refractivity contribution in [3.63, 3.8) is 0 Å². The Bertz CT molecular complexity index is 566. The van der Waals surface area contributed by atoms with Gasteiger partial charge in [0.25, 0.3) is 0 Å². The third-order valence-corrected chi connectivity index (χ3v) is 3.65. The monoisotopic (exact) mass is 265 g/mol. The van der Waals surface area contributed by atoms with Crippen molar-refractivity contribution in [2.24, 2.45) is 5.73 Å². The summed E-state index contributed by atoms with van der Waals surface area (Å²) >= 11 is 1.36. The number of tetrazole rings is 1. The molecule has 0 amide bonds. The van der Waals surface area contributed by atoms with Crippen molar-refractivity contribution in [3.8, 4) is 0 Å². The van der Waals surface area contributed by atoms with Crippen LogP contribution < -0.4 is 5.73 Å². The lowest BCUT2D eigenvalue weighted by atomic mass is 10.2. The predicted octanol–water partition coefficient (Wildman–Crippen LogP) is 1.76. The van der Waals surface area contributed by atoms with Crippen molar-refractivity contribution >= 4 is 11.8 Å². The van der Waals surface area contributed by atoms with Gasteiger partial charge in [-0.15, -0.1) is 5.10 Å². The van der Waals surface area contributed by atoms with Gasteiger partial charge in [0.15, 0.2) is 0 Å². The summed E-state index contributed by atoms with van der Waals surface area (Å²) < 4.78 is 15.2. The van der Waals surface area contributed by atoms with Gasteiger partial charge in [-0.05, 0) is 58.8 Å². The van der Waals surface area contributed by atoms with Crippen molar-refractivity contribution in [3.05, 3.63) is 29.6 Å². The Labute approximate surface area is 108 Å². The van der Waals surface area contributed by atoms with Crippen molar-refractivity contribution in [2.75, 3.05) is 0 Å². The van der Waals surface area contributed by atoms with Crippen LogP contribution >= 0.6 is 11.8 Å². The van der Waals surface area contributed by atoms with Crippen LogP contribution in [0.15, 0.2) is 28.3 Å². The maximum absolute atomic E-state index is 13.4. The molecule has 7 heteroatoms. The molecule has 0 unspecified atom stereocenters. The summed E-state index contributed by atoms with van der Waals surface area (Å²) in [5.41, 5.74) is 6.29. The van der Waals surface area contributed by atoms with Crippen molar-refractivity contribution in [1.82, 2.24) is 20.2 Å². The van der Waals surface area contributed by atoms with Crippen LogP contribution in [-0.2, 0) is 6.54 Å². The van der Waals surface area contributed by atoms with E-state index in [1.54, 1.807) is 4.68 Å². The van der Waals surface area contributed by atoms with Gasteiger partial charge < -0.3 is 5.73 Å². The molecule has 0 radical (unpaired) electrons. The van der Waals surface area contributed by atoms with Crippen LogP contribution in [0.1, 0.15) is 24.4 Å². The van der Waals surface area contributed by atoms with E-state index >= 15 is 0 Å². The van der Waals surface area contributed by atoms with Gasteiger partial charge in [-0.2, -0.15) is 0 Å². The van der Waals surface area contributed by atoms with E-state index in [0.29, 0.717) is 17.7 Å². The second kappa shape index (κ2) is 4.66. The molecule has 2 N–H and O–H groups in total. The quantitative estimate of drug-likeness (QED) is 0.912. The van der Waals surface area contributed by atoms with E-state index in [4.69, 9.17) is 5.73 Å². The fourth-order valence-corrected chi connectivity index (χ4v) is 2.65. The molecule has 0 bridgehead atoms. The highest BCUT2D eigenvalue weighted by atomic mass is 32.2. The number of aromatic nitrogens is 4. The standard InChI is InChI=1S/C11H12FN5S/c12-8-3-7(6-13)4-10(5-8)18-11-14-15-16-17(11)9-1-2-9/h3-5,9H,1-2,6,13H2. The van der Waals surface area contributed by atoms with E-state index in [1.807, 2.05) is 6.07 Å². The highest BCUT2D eigenvalue weighted by molar-refractivity contribution is 7.99. The van der Waals surface area contributed by atoms with E-state index in [0.717, 1.165) is 23.3 Å². The highest BCUT2D eigenvalue weighted by Crippen LogP contribution is 2.38. The third kappa shape index (κ3) is 2.37. The second-order valence-corrected chi connectivity index (χ2v) is 5.28. The number of nitrogens with two attached hydrogens (primary N) is 1. The number of nitrogens with zero attached hydrogens (tertiary/aromatic N) is 4. The number of hydrogen-bond acceptors (Lipinski definition) is 5. The summed E-state index contributed by atoms with van der Waals surface area (Å²) in [6.07, 6.45) is 2.21. The first-order valence-electron chi connectivity index (χ1n) is 5.71. The molecular formula is C11H12FN5S. The van der Waals surface area contributed by atoms with E-state index in [2.05, 4.69) is 15.5 Å². The van der Waals surface area contributed by atoms with Crippen LogP contribution in [-0.4, -0.2) is 20.2 Å². The second-order valence-electron chi connectivity index (χ2n) is 4.24. The molecular weight excluding hydrogens is 253 g/mol. The lowest BCUT2D eigenvalue weighted by Gasteiger charge is -2.04. The molecule has 18 heavy (non-hydrogen) atoms. The zero-order chi connectivity index (χ0) is 12.5. The Morgan fingerprint density at radius 2 is 2.22 bits per heavy atom. The average Bonchev–Trinajstić information content (AvgIpc) is 3.10. The zero-order valence-electron chi connectivity index (χ0n) is 9.58. The van der Waals surface area contributed by atoms with Crippen LogP contribution in [0.3, 0.4) is 0 Å². The molecule has 5 nitrogen and oxygen atoms in total. The molecule has 0 spiro atoms. The Morgan fingerprint density at radius 3 is 2.94 bits per heavy atom. The minimum atomic E-state index is -0.286. The smallest absolute Gasteiger partial charge is 0.214 e. The van der Waals surface area contributed by atoms with Crippen LogP contribution in [0.2, 0.25) is 0 Å². The topological polar surface area (TPSA) is 69.6 Å². The fraction of sp³-hybridized carbons (Fsp3) is 0.364. The van der Waals surface area contributed by atoms with Gasteiger partial charge >= 0.3 is 0 Å². The minimum absolute atomic E-state index is 0.286. The first-order chi connectivity index (χ1) is 8.76. The molecule has 1 aromatic heterocycles. The maximum atomic E-state index is 13.4. The van der Waals surface area contributed by atoms with Crippen molar-refractivity contribution in [1.29, 1.82) is 0 Å². The lowest BCUT2D eigenvalue weighted by molar-refractivity contribution is 0.565. The molecule has 1 aromatic carbocycles. The van der Waals surface area contributed by atoms with E-state index in [1.165, 1.54) is 23.9 Å². The van der Waals surface area contributed by atoms with E-state index in [-0.39, 0.29) is 5.82 Å². The number of benzene rings is 1. The van der Waals surface area contributed by atoms with Crippen LogP contribution in [0.25, 0.3) is 0 Å². The molecule has 1 aliphatic carbocycles. The van der Waals surface area contributed by atoms with E-state index < -0.39 is 0 Å². The third-order valence-electron chi connectivity index (χ3n) is 2.73. The fourth-order valence-electron chi connectivity index (χ4n) is 1.70. The predicted molar refractivity (Wildman–Crippen MR) is 64.5 cm³/mol. The molecule has 0 aliphatic heterocycles. The minimum Gasteiger partial charge on any atom is -0.326 e. The highest BCUT2D eigenvalue weighted by Gasteiger charge is 2.28. The van der Waals surface area contributed by atoms with Gasteiger partial charge in [-0.1, -0.05) is 0 Å². The summed E-state index contributed by atoms with van der Waals surface area (Å²) in [5, 5.41) is 12.3. The summed E-state index contributed by atoms with van der Waals surface area (Å²) in [6, 6.07) is 5.17. The molecule has 0 atom stereocenters.